The highest BCUT2D eigenvalue weighted by Crippen LogP contribution is 2.57. The first-order chi connectivity index (χ1) is 12.5. The third kappa shape index (κ3) is 2.05. The number of aromatic nitrogens is 2. The number of benzene rings is 2. The van der Waals surface area contributed by atoms with Crippen LogP contribution in [0.4, 0.5) is 10.1 Å². The summed E-state index contributed by atoms with van der Waals surface area (Å²) >= 11 is 0. The van der Waals surface area contributed by atoms with Crippen molar-refractivity contribution in [2.45, 2.75) is 31.7 Å². The van der Waals surface area contributed by atoms with Gasteiger partial charge in [0.15, 0.2) is 0 Å². The Morgan fingerprint density at radius 1 is 1.19 bits per heavy atom. The van der Waals surface area contributed by atoms with Crippen LogP contribution in [0.3, 0.4) is 0 Å². The first-order valence-corrected chi connectivity index (χ1v) is 8.59. The number of anilines is 1. The number of hydrogen-bond donors (Lipinski definition) is 1. The molecule has 1 aliphatic carbocycles. The van der Waals surface area contributed by atoms with Gasteiger partial charge in [-0.15, -0.1) is 0 Å². The van der Waals surface area contributed by atoms with Gasteiger partial charge in [0.2, 0.25) is 5.91 Å². The molecule has 130 valence electrons. The fourth-order valence-corrected chi connectivity index (χ4v) is 3.91. The minimum Gasteiger partial charge on any atom is -0.308 e. The average Bonchev–Trinajstić information content (AvgIpc) is 3.38. The Labute approximate surface area is 148 Å². The highest BCUT2D eigenvalue weighted by molar-refractivity contribution is 6.10. The number of aromatic amines is 1. The molecular formula is C20H16FN3O2. The fourth-order valence-electron chi connectivity index (χ4n) is 3.91. The van der Waals surface area contributed by atoms with Crippen LogP contribution in [0.2, 0.25) is 0 Å². The van der Waals surface area contributed by atoms with Gasteiger partial charge in [0.25, 0.3) is 5.56 Å². The standard InChI is InChI=1S/C20H16FN3O2/c1-11-2-5-15-13(8-11)18(25)23-17(22-15)10-24-16-9-12(21)3-4-14(16)20(6-7-20)19(24)26/h2-5,8-9H,6-7,10H2,1H3,(H,22,23,25). The lowest BCUT2D eigenvalue weighted by atomic mass is 9.98. The summed E-state index contributed by atoms with van der Waals surface area (Å²) in [4.78, 5) is 34.1. The molecule has 3 aromatic rings. The summed E-state index contributed by atoms with van der Waals surface area (Å²) in [6, 6.07) is 9.97. The summed E-state index contributed by atoms with van der Waals surface area (Å²) in [6.07, 6.45) is 1.56. The van der Waals surface area contributed by atoms with Crippen molar-refractivity contribution in [1.29, 1.82) is 0 Å². The molecule has 1 N–H and O–H groups in total. The summed E-state index contributed by atoms with van der Waals surface area (Å²) in [5.74, 6) is -0.0212. The average molecular weight is 349 g/mol. The minimum atomic E-state index is -0.503. The largest absolute Gasteiger partial charge is 0.308 e. The van der Waals surface area contributed by atoms with Crippen molar-refractivity contribution in [3.63, 3.8) is 0 Å². The number of hydrogen-bond acceptors (Lipinski definition) is 3. The molecule has 2 heterocycles. The molecule has 5 nitrogen and oxygen atoms in total. The van der Waals surface area contributed by atoms with Crippen LogP contribution in [0.5, 0.6) is 0 Å². The van der Waals surface area contributed by atoms with Crippen molar-refractivity contribution in [3.05, 3.63) is 69.5 Å². The van der Waals surface area contributed by atoms with Crippen molar-refractivity contribution in [1.82, 2.24) is 9.97 Å². The number of halogens is 1. The third-order valence-electron chi connectivity index (χ3n) is 5.39. The Morgan fingerprint density at radius 3 is 2.77 bits per heavy atom. The second-order valence-corrected chi connectivity index (χ2v) is 7.17. The number of carbonyl (C=O) groups excluding carboxylic acids is 1. The molecule has 2 aliphatic rings. The van der Waals surface area contributed by atoms with E-state index in [2.05, 4.69) is 9.97 Å². The number of nitrogens with zero attached hydrogens (tertiary/aromatic N) is 2. The molecule has 5 rings (SSSR count). The number of nitrogens with one attached hydrogen (secondary N) is 1. The normalized spacial score (nSPS) is 17.2. The molecule has 0 radical (unpaired) electrons. The summed E-state index contributed by atoms with van der Waals surface area (Å²) in [5.41, 5.74) is 2.29. The third-order valence-corrected chi connectivity index (χ3v) is 5.39. The molecule has 0 unspecified atom stereocenters. The van der Waals surface area contributed by atoms with Gasteiger partial charge in [-0.3, -0.25) is 9.59 Å². The molecule has 1 aliphatic heterocycles. The molecular weight excluding hydrogens is 333 g/mol. The van der Waals surface area contributed by atoms with Gasteiger partial charge < -0.3 is 9.88 Å². The van der Waals surface area contributed by atoms with Gasteiger partial charge in [-0.2, -0.15) is 0 Å². The monoisotopic (exact) mass is 349 g/mol. The molecule has 1 spiro atoms. The van der Waals surface area contributed by atoms with E-state index in [1.807, 2.05) is 13.0 Å². The van der Waals surface area contributed by atoms with E-state index in [1.54, 1.807) is 23.1 Å². The van der Waals surface area contributed by atoms with Gasteiger partial charge in [-0.1, -0.05) is 17.7 Å². The molecule has 0 bridgehead atoms. The van der Waals surface area contributed by atoms with E-state index in [1.165, 1.54) is 12.1 Å². The van der Waals surface area contributed by atoms with Crippen molar-refractivity contribution >= 4 is 22.5 Å². The SMILES string of the molecule is Cc1ccc2nc(CN3C(=O)C4(CC4)c4ccc(F)cc43)[nH]c(=O)c2c1. The number of amides is 1. The lowest BCUT2D eigenvalue weighted by Crippen LogP contribution is -2.32. The van der Waals surface area contributed by atoms with Gasteiger partial charge in [0.1, 0.15) is 11.6 Å². The predicted molar refractivity (Wildman–Crippen MR) is 95.6 cm³/mol. The maximum atomic E-state index is 13.8. The molecule has 1 aromatic heterocycles. The summed E-state index contributed by atoms with van der Waals surface area (Å²) in [5, 5.41) is 0.520. The number of rotatable bonds is 2. The minimum absolute atomic E-state index is 0.0373. The van der Waals surface area contributed by atoms with Crippen molar-refractivity contribution in [3.8, 4) is 0 Å². The second kappa shape index (κ2) is 5.00. The zero-order valence-corrected chi connectivity index (χ0v) is 14.2. The Morgan fingerprint density at radius 2 is 2.00 bits per heavy atom. The van der Waals surface area contributed by atoms with Gasteiger partial charge in [0, 0.05) is 0 Å². The molecule has 0 saturated heterocycles. The zero-order chi connectivity index (χ0) is 18.1. The van der Waals surface area contributed by atoms with Crippen LogP contribution >= 0.6 is 0 Å². The molecule has 1 fully saturated rings. The Balaban J connectivity index is 1.59. The van der Waals surface area contributed by atoms with Crippen LogP contribution in [0.25, 0.3) is 10.9 Å². The van der Waals surface area contributed by atoms with E-state index in [0.29, 0.717) is 22.4 Å². The van der Waals surface area contributed by atoms with Crippen LogP contribution in [0.1, 0.15) is 29.8 Å². The number of carbonyl (C=O) groups is 1. The first-order valence-electron chi connectivity index (χ1n) is 8.59. The van der Waals surface area contributed by atoms with Crippen molar-refractivity contribution in [2.75, 3.05) is 4.90 Å². The lowest BCUT2D eigenvalue weighted by molar-refractivity contribution is -0.120. The topological polar surface area (TPSA) is 66.1 Å². The molecule has 1 saturated carbocycles. The fraction of sp³-hybridized carbons (Fsp3) is 0.250. The van der Waals surface area contributed by atoms with E-state index in [-0.39, 0.29) is 23.8 Å². The Kier molecular flexibility index (Phi) is 2.93. The van der Waals surface area contributed by atoms with Gasteiger partial charge in [0.05, 0.1) is 28.6 Å². The number of fused-ring (bicyclic) bond motifs is 3. The van der Waals surface area contributed by atoms with Crippen LogP contribution in [0, 0.1) is 12.7 Å². The first kappa shape index (κ1) is 15.3. The highest BCUT2D eigenvalue weighted by Gasteiger charge is 2.59. The molecule has 6 heteroatoms. The summed E-state index contributed by atoms with van der Waals surface area (Å²) in [7, 11) is 0. The maximum absolute atomic E-state index is 13.8. The predicted octanol–water partition coefficient (Wildman–Crippen LogP) is 2.95. The Hall–Kier alpha value is -3.02. The van der Waals surface area contributed by atoms with E-state index >= 15 is 0 Å². The van der Waals surface area contributed by atoms with Crippen LogP contribution in [-0.2, 0) is 16.8 Å². The molecule has 26 heavy (non-hydrogen) atoms. The van der Waals surface area contributed by atoms with Gasteiger partial charge >= 0.3 is 0 Å². The van der Waals surface area contributed by atoms with E-state index in [0.717, 1.165) is 24.0 Å². The van der Waals surface area contributed by atoms with Gasteiger partial charge in [-0.25, -0.2) is 9.37 Å². The maximum Gasteiger partial charge on any atom is 0.258 e. The van der Waals surface area contributed by atoms with E-state index in [9.17, 15) is 14.0 Å². The van der Waals surface area contributed by atoms with Crippen LogP contribution < -0.4 is 10.5 Å². The van der Waals surface area contributed by atoms with E-state index in [4.69, 9.17) is 0 Å². The van der Waals surface area contributed by atoms with Crippen molar-refractivity contribution in [2.24, 2.45) is 0 Å². The summed E-state index contributed by atoms with van der Waals surface area (Å²) < 4.78 is 13.8. The van der Waals surface area contributed by atoms with Crippen LogP contribution in [-0.4, -0.2) is 15.9 Å². The van der Waals surface area contributed by atoms with Crippen LogP contribution in [0.15, 0.2) is 41.2 Å². The lowest BCUT2D eigenvalue weighted by Gasteiger charge is -2.17. The smallest absolute Gasteiger partial charge is 0.258 e. The highest BCUT2D eigenvalue weighted by atomic mass is 19.1. The second-order valence-electron chi connectivity index (χ2n) is 7.17. The van der Waals surface area contributed by atoms with E-state index < -0.39 is 5.41 Å². The quantitative estimate of drug-likeness (QED) is 0.773. The van der Waals surface area contributed by atoms with Crippen molar-refractivity contribution < 1.29 is 9.18 Å². The van der Waals surface area contributed by atoms with Gasteiger partial charge in [-0.05, 0) is 49.6 Å². The molecule has 1 amide bonds. The summed E-state index contributed by atoms with van der Waals surface area (Å²) in [6.45, 7) is 2.03. The molecule has 2 aromatic carbocycles. The number of H-pyrrole nitrogens is 1. The Bertz CT molecular complexity index is 1150. The molecule has 0 atom stereocenters. The zero-order valence-electron chi connectivity index (χ0n) is 14.2. The number of aryl methyl sites for hydroxylation is 1.